The molecule has 0 aromatic heterocycles. The Morgan fingerprint density at radius 1 is 1.25 bits per heavy atom. The van der Waals surface area contributed by atoms with Gasteiger partial charge in [0, 0.05) is 0 Å². The first-order chi connectivity index (χ1) is 5.45. The molecule has 0 radical (unpaired) electrons. The lowest BCUT2D eigenvalue weighted by Crippen LogP contribution is -2.38. The molecule has 0 fully saturated rings. The molecule has 1 heteroatoms. The molecule has 0 atom stereocenters. The van der Waals surface area contributed by atoms with Crippen LogP contribution in [0.4, 0.5) is 0 Å². The zero-order valence-electron chi connectivity index (χ0n) is 8.39. The van der Waals surface area contributed by atoms with E-state index in [1.165, 1.54) is 6.08 Å². The fraction of sp³-hybridized carbons (Fsp3) is 0.636. The Hall–Kier alpha value is -0.740. The second-order valence-corrected chi connectivity index (χ2v) is 3.61. The monoisotopic (exact) mass is 166 g/mol. The third-order valence-electron chi connectivity index (χ3n) is 2.13. The normalized spacial score (nSPS) is 11.2. The molecule has 1 nitrogen and oxygen atoms in total. The summed E-state index contributed by atoms with van der Waals surface area (Å²) in [5.41, 5.74) is -0.881. The summed E-state index contributed by atoms with van der Waals surface area (Å²) >= 11 is 0. The number of hydrogen-bond donors (Lipinski definition) is 1. The fourth-order valence-corrected chi connectivity index (χ4v) is 1.12. The van der Waals surface area contributed by atoms with Gasteiger partial charge in [0.05, 0.1) is 0 Å². The molecule has 1 N–H and O–H groups in total. The van der Waals surface area contributed by atoms with Gasteiger partial charge < -0.3 is 5.11 Å². The molecule has 0 rings (SSSR count). The van der Waals surface area contributed by atoms with Crippen LogP contribution >= 0.6 is 0 Å². The van der Waals surface area contributed by atoms with Gasteiger partial charge in [0.25, 0.3) is 0 Å². The van der Waals surface area contributed by atoms with Crippen LogP contribution in [-0.4, -0.2) is 10.7 Å². The summed E-state index contributed by atoms with van der Waals surface area (Å²) in [7, 11) is 0. The molecule has 68 valence electrons. The van der Waals surface area contributed by atoms with Gasteiger partial charge in [-0.1, -0.05) is 46.1 Å². The standard InChI is InChI=1S/C11H18O/c1-6-7-8-11(12,9(2)3)10(4)5/h6,9-10,12H,1H2,2-5H3. The summed E-state index contributed by atoms with van der Waals surface area (Å²) in [6.07, 6.45) is 1.51. The van der Waals surface area contributed by atoms with Crippen molar-refractivity contribution in [2.75, 3.05) is 0 Å². The molecule has 12 heavy (non-hydrogen) atoms. The lowest BCUT2D eigenvalue weighted by Gasteiger charge is -2.30. The Balaban J connectivity index is 4.74. The Morgan fingerprint density at radius 2 is 1.67 bits per heavy atom. The van der Waals surface area contributed by atoms with Crippen molar-refractivity contribution in [3.63, 3.8) is 0 Å². The molecule has 0 aliphatic carbocycles. The highest BCUT2D eigenvalue weighted by atomic mass is 16.3. The first-order valence-corrected chi connectivity index (χ1v) is 4.31. The Labute approximate surface area is 75.5 Å². The molecular weight excluding hydrogens is 148 g/mol. The highest BCUT2D eigenvalue weighted by molar-refractivity contribution is 5.22. The Morgan fingerprint density at radius 3 is 1.92 bits per heavy atom. The van der Waals surface area contributed by atoms with E-state index in [0.717, 1.165) is 0 Å². The van der Waals surface area contributed by atoms with Gasteiger partial charge in [-0.05, 0) is 17.9 Å². The molecule has 0 aliphatic heterocycles. The van der Waals surface area contributed by atoms with E-state index in [1.54, 1.807) is 0 Å². The summed E-state index contributed by atoms with van der Waals surface area (Å²) in [5, 5.41) is 10.1. The van der Waals surface area contributed by atoms with Crippen LogP contribution in [-0.2, 0) is 0 Å². The molecule has 0 unspecified atom stereocenters. The summed E-state index contributed by atoms with van der Waals surface area (Å²) in [4.78, 5) is 0. The minimum absolute atomic E-state index is 0.143. The first-order valence-electron chi connectivity index (χ1n) is 4.31. The van der Waals surface area contributed by atoms with Crippen LogP contribution in [0, 0.1) is 23.7 Å². The maximum Gasteiger partial charge on any atom is 0.130 e. The minimum atomic E-state index is -0.881. The van der Waals surface area contributed by atoms with Crippen molar-refractivity contribution in [1.82, 2.24) is 0 Å². The van der Waals surface area contributed by atoms with Crippen LogP contribution in [0.5, 0.6) is 0 Å². The van der Waals surface area contributed by atoms with E-state index in [0.29, 0.717) is 0 Å². The molecule has 0 heterocycles. The van der Waals surface area contributed by atoms with Gasteiger partial charge in [0.15, 0.2) is 0 Å². The van der Waals surface area contributed by atoms with Crippen molar-refractivity contribution < 1.29 is 5.11 Å². The molecule has 0 spiro atoms. The van der Waals surface area contributed by atoms with Gasteiger partial charge in [-0.25, -0.2) is 0 Å². The van der Waals surface area contributed by atoms with Crippen molar-refractivity contribution in [3.8, 4) is 11.8 Å². The summed E-state index contributed by atoms with van der Waals surface area (Å²) in [6.45, 7) is 11.4. The quantitative estimate of drug-likeness (QED) is 0.624. The van der Waals surface area contributed by atoms with Gasteiger partial charge in [-0.2, -0.15) is 0 Å². The highest BCUT2D eigenvalue weighted by Gasteiger charge is 2.32. The zero-order valence-corrected chi connectivity index (χ0v) is 8.39. The second-order valence-electron chi connectivity index (χ2n) is 3.61. The molecule has 0 aromatic carbocycles. The van der Waals surface area contributed by atoms with E-state index < -0.39 is 5.60 Å². The SMILES string of the molecule is C=CC#CC(O)(C(C)C)C(C)C. The molecule has 0 bridgehead atoms. The summed E-state index contributed by atoms with van der Waals surface area (Å²) < 4.78 is 0. The van der Waals surface area contributed by atoms with E-state index in [2.05, 4.69) is 18.4 Å². The molecule has 0 amide bonds. The fourth-order valence-electron chi connectivity index (χ4n) is 1.12. The second kappa shape index (κ2) is 4.33. The maximum atomic E-state index is 10.1. The lowest BCUT2D eigenvalue weighted by atomic mass is 9.81. The van der Waals surface area contributed by atoms with Gasteiger partial charge in [0.2, 0.25) is 0 Å². The van der Waals surface area contributed by atoms with E-state index in [4.69, 9.17) is 0 Å². The molecule has 0 saturated heterocycles. The topological polar surface area (TPSA) is 20.2 Å². The third-order valence-corrected chi connectivity index (χ3v) is 2.13. The molecule has 0 aromatic rings. The van der Waals surface area contributed by atoms with E-state index in [9.17, 15) is 5.11 Å². The number of rotatable bonds is 2. The highest BCUT2D eigenvalue weighted by Crippen LogP contribution is 2.24. The van der Waals surface area contributed by atoms with Crippen LogP contribution in [0.2, 0.25) is 0 Å². The summed E-state index contributed by atoms with van der Waals surface area (Å²) in [5.74, 6) is 5.83. The Bertz CT molecular complexity index is 195. The van der Waals surface area contributed by atoms with Crippen LogP contribution in [0.1, 0.15) is 27.7 Å². The number of hydrogen-bond acceptors (Lipinski definition) is 1. The first kappa shape index (κ1) is 11.3. The maximum absolute atomic E-state index is 10.1. The minimum Gasteiger partial charge on any atom is -0.377 e. The van der Waals surface area contributed by atoms with Crippen LogP contribution in [0.3, 0.4) is 0 Å². The van der Waals surface area contributed by atoms with E-state index >= 15 is 0 Å². The van der Waals surface area contributed by atoms with Crippen LogP contribution in [0.25, 0.3) is 0 Å². The number of allylic oxidation sites excluding steroid dienone is 1. The van der Waals surface area contributed by atoms with Gasteiger partial charge >= 0.3 is 0 Å². The van der Waals surface area contributed by atoms with Gasteiger partial charge in [-0.3, -0.25) is 0 Å². The van der Waals surface area contributed by atoms with Crippen LogP contribution < -0.4 is 0 Å². The largest absolute Gasteiger partial charge is 0.377 e. The average Bonchev–Trinajstić information content (AvgIpc) is 1.99. The van der Waals surface area contributed by atoms with Crippen molar-refractivity contribution in [3.05, 3.63) is 12.7 Å². The molecule has 0 aliphatic rings. The lowest BCUT2D eigenvalue weighted by molar-refractivity contribution is 0.00933. The summed E-state index contributed by atoms with van der Waals surface area (Å²) in [6, 6.07) is 0. The number of aliphatic hydroxyl groups is 1. The van der Waals surface area contributed by atoms with Crippen LogP contribution in [0.15, 0.2) is 12.7 Å². The van der Waals surface area contributed by atoms with Crippen molar-refractivity contribution in [1.29, 1.82) is 0 Å². The van der Waals surface area contributed by atoms with Gasteiger partial charge in [0.1, 0.15) is 5.60 Å². The molecule has 0 saturated carbocycles. The average molecular weight is 166 g/mol. The van der Waals surface area contributed by atoms with Crippen molar-refractivity contribution in [2.45, 2.75) is 33.3 Å². The zero-order chi connectivity index (χ0) is 9.78. The van der Waals surface area contributed by atoms with E-state index in [-0.39, 0.29) is 11.8 Å². The smallest absolute Gasteiger partial charge is 0.130 e. The third kappa shape index (κ3) is 2.39. The predicted octanol–water partition coefficient (Wildman–Crippen LogP) is 2.22. The van der Waals surface area contributed by atoms with E-state index in [1.807, 2.05) is 27.7 Å². The van der Waals surface area contributed by atoms with Crippen molar-refractivity contribution in [2.24, 2.45) is 11.8 Å². The predicted molar refractivity (Wildman–Crippen MR) is 52.6 cm³/mol. The molecular formula is C11H18O. The van der Waals surface area contributed by atoms with Crippen molar-refractivity contribution >= 4 is 0 Å². The Kier molecular flexibility index (Phi) is 4.06. The van der Waals surface area contributed by atoms with Gasteiger partial charge in [-0.15, -0.1) is 0 Å².